The van der Waals surface area contributed by atoms with E-state index in [0.29, 0.717) is 12.4 Å². The molecule has 0 aliphatic rings. The highest BCUT2D eigenvalue weighted by molar-refractivity contribution is 5.23. The van der Waals surface area contributed by atoms with Crippen molar-refractivity contribution in [1.82, 2.24) is 14.7 Å². The lowest BCUT2D eigenvalue weighted by atomic mass is 10.5. The molecule has 1 heterocycles. The average Bonchev–Trinajstić information content (AvgIpc) is 2.06. The van der Waals surface area contributed by atoms with Gasteiger partial charge in [-0.2, -0.15) is 5.10 Å². The highest BCUT2D eigenvalue weighted by atomic mass is 16.1. The minimum absolute atomic E-state index is 0.115. The lowest BCUT2D eigenvalue weighted by molar-refractivity contribution is 0.368. The molecule has 0 bridgehead atoms. The van der Waals surface area contributed by atoms with Gasteiger partial charge in [-0.15, -0.1) is 0 Å². The topological polar surface area (TPSA) is 64.2 Å². The van der Waals surface area contributed by atoms with E-state index in [2.05, 4.69) is 5.10 Å². The summed E-state index contributed by atoms with van der Waals surface area (Å²) < 4.78 is 1.37. The van der Waals surface area contributed by atoms with Gasteiger partial charge in [-0.25, -0.2) is 4.68 Å². The van der Waals surface area contributed by atoms with Crippen molar-refractivity contribution in [2.75, 3.05) is 26.4 Å². The monoisotopic (exact) mass is 182 g/mol. The number of nitrogen functional groups attached to an aromatic ring is 1. The highest BCUT2D eigenvalue weighted by Crippen LogP contribution is 1.89. The normalized spacial score (nSPS) is 10.7. The van der Waals surface area contributed by atoms with Gasteiger partial charge in [0.05, 0.1) is 6.54 Å². The van der Waals surface area contributed by atoms with Gasteiger partial charge in [0.2, 0.25) is 0 Å². The van der Waals surface area contributed by atoms with Crippen LogP contribution in [0, 0.1) is 0 Å². The minimum atomic E-state index is -0.115. The average molecular weight is 182 g/mol. The molecule has 0 unspecified atom stereocenters. The molecule has 5 nitrogen and oxygen atoms in total. The number of rotatable bonds is 3. The molecule has 0 radical (unpaired) electrons. The maximum Gasteiger partial charge on any atom is 0.266 e. The van der Waals surface area contributed by atoms with Gasteiger partial charge in [0.1, 0.15) is 5.82 Å². The predicted octanol–water partition coefficient (Wildman–Crippen LogP) is -0.613. The second-order valence-corrected chi connectivity index (χ2v) is 3.12. The van der Waals surface area contributed by atoms with Crippen LogP contribution < -0.4 is 11.3 Å². The zero-order valence-electron chi connectivity index (χ0n) is 7.90. The largest absolute Gasteiger partial charge is 0.382 e. The molecule has 0 atom stereocenters. The van der Waals surface area contributed by atoms with Gasteiger partial charge in [-0.3, -0.25) is 4.79 Å². The highest BCUT2D eigenvalue weighted by Gasteiger charge is 1.98. The van der Waals surface area contributed by atoms with Crippen molar-refractivity contribution in [2.45, 2.75) is 6.54 Å². The first-order valence-electron chi connectivity index (χ1n) is 4.08. The first kappa shape index (κ1) is 9.73. The number of nitrogens with two attached hydrogens (primary N) is 1. The van der Waals surface area contributed by atoms with Crippen LogP contribution in [0.25, 0.3) is 0 Å². The van der Waals surface area contributed by atoms with Crippen LogP contribution in [0.3, 0.4) is 0 Å². The van der Waals surface area contributed by atoms with E-state index in [1.807, 2.05) is 19.0 Å². The van der Waals surface area contributed by atoms with E-state index in [0.717, 1.165) is 6.54 Å². The summed E-state index contributed by atoms with van der Waals surface area (Å²) in [5.41, 5.74) is 5.33. The smallest absolute Gasteiger partial charge is 0.266 e. The Kier molecular flexibility index (Phi) is 3.02. The van der Waals surface area contributed by atoms with Crippen molar-refractivity contribution >= 4 is 5.82 Å². The fourth-order valence-corrected chi connectivity index (χ4v) is 0.920. The number of aromatic nitrogens is 2. The Morgan fingerprint density at radius 2 is 2.23 bits per heavy atom. The van der Waals surface area contributed by atoms with Gasteiger partial charge in [0.25, 0.3) is 5.56 Å². The van der Waals surface area contributed by atoms with Crippen LogP contribution in [0.5, 0.6) is 0 Å². The third-order valence-corrected chi connectivity index (χ3v) is 1.65. The summed E-state index contributed by atoms with van der Waals surface area (Å²) in [5.74, 6) is 0.373. The summed E-state index contributed by atoms with van der Waals surface area (Å²) in [6.07, 6.45) is 0. The third kappa shape index (κ3) is 2.87. The van der Waals surface area contributed by atoms with E-state index in [4.69, 9.17) is 5.73 Å². The lowest BCUT2D eigenvalue weighted by Gasteiger charge is -2.09. The van der Waals surface area contributed by atoms with Crippen LogP contribution in [0.4, 0.5) is 5.82 Å². The second kappa shape index (κ2) is 4.04. The van der Waals surface area contributed by atoms with Crippen molar-refractivity contribution in [3.63, 3.8) is 0 Å². The maximum absolute atomic E-state index is 11.2. The van der Waals surface area contributed by atoms with E-state index < -0.39 is 0 Å². The maximum atomic E-state index is 11.2. The molecule has 1 aromatic rings. The number of anilines is 1. The van der Waals surface area contributed by atoms with Gasteiger partial charge >= 0.3 is 0 Å². The van der Waals surface area contributed by atoms with Gasteiger partial charge in [0.15, 0.2) is 0 Å². The SMILES string of the molecule is CN(C)CCn1nc(N)ccc1=O. The molecule has 13 heavy (non-hydrogen) atoms. The van der Waals surface area contributed by atoms with Crippen LogP contribution >= 0.6 is 0 Å². The van der Waals surface area contributed by atoms with Crippen molar-refractivity contribution in [2.24, 2.45) is 0 Å². The van der Waals surface area contributed by atoms with Crippen molar-refractivity contribution in [3.8, 4) is 0 Å². The Hall–Kier alpha value is -1.36. The van der Waals surface area contributed by atoms with E-state index >= 15 is 0 Å². The molecule has 0 amide bonds. The first-order chi connectivity index (χ1) is 6.09. The molecule has 0 fully saturated rings. The Bertz CT molecular complexity index is 331. The molecule has 0 spiro atoms. The van der Waals surface area contributed by atoms with Crippen LogP contribution in [0.1, 0.15) is 0 Å². The van der Waals surface area contributed by atoms with Crippen LogP contribution in [-0.4, -0.2) is 35.3 Å². The molecular formula is C8H14N4O. The van der Waals surface area contributed by atoms with Crippen molar-refractivity contribution < 1.29 is 0 Å². The third-order valence-electron chi connectivity index (χ3n) is 1.65. The molecule has 0 aromatic carbocycles. The molecule has 0 saturated heterocycles. The fourth-order valence-electron chi connectivity index (χ4n) is 0.920. The summed E-state index contributed by atoms with van der Waals surface area (Å²) in [5, 5.41) is 3.90. The van der Waals surface area contributed by atoms with E-state index in [9.17, 15) is 4.79 Å². The Labute approximate surface area is 76.8 Å². The molecule has 1 aromatic heterocycles. The van der Waals surface area contributed by atoms with Crippen LogP contribution in [0.15, 0.2) is 16.9 Å². The van der Waals surface area contributed by atoms with E-state index in [1.54, 1.807) is 0 Å². The van der Waals surface area contributed by atoms with Gasteiger partial charge in [0, 0.05) is 12.6 Å². The molecule has 5 heteroatoms. The summed E-state index contributed by atoms with van der Waals surface area (Å²) in [6, 6.07) is 2.94. The Morgan fingerprint density at radius 1 is 1.54 bits per heavy atom. The zero-order valence-corrected chi connectivity index (χ0v) is 7.90. The molecule has 1 rings (SSSR count). The fraction of sp³-hybridized carbons (Fsp3) is 0.500. The predicted molar refractivity (Wildman–Crippen MR) is 51.5 cm³/mol. The standard InChI is InChI=1S/C8H14N4O/c1-11(2)5-6-12-8(13)4-3-7(9)10-12/h3-4H,5-6H2,1-2H3,(H2,9,10). The Balaban J connectivity index is 2.76. The minimum Gasteiger partial charge on any atom is -0.382 e. The summed E-state index contributed by atoms with van der Waals surface area (Å²) >= 11 is 0. The number of hydrogen-bond acceptors (Lipinski definition) is 4. The number of likely N-dealkylation sites (N-methyl/N-ethyl adjacent to an activating group) is 1. The molecule has 2 N–H and O–H groups in total. The number of nitrogens with zero attached hydrogens (tertiary/aromatic N) is 3. The zero-order chi connectivity index (χ0) is 9.84. The summed E-state index contributed by atoms with van der Waals surface area (Å²) in [7, 11) is 3.88. The van der Waals surface area contributed by atoms with Crippen molar-refractivity contribution in [3.05, 3.63) is 22.5 Å². The van der Waals surface area contributed by atoms with E-state index in [1.165, 1.54) is 16.8 Å². The molecule has 0 saturated carbocycles. The molecule has 0 aliphatic heterocycles. The van der Waals surface area contributed by atoms with E-state index in [-0.39, 0.29) is 5.56 Å². The molecular weight excluding hydrogens is 168 g/mol. The van der Waals surface area contributed by atoms with Gasteiger partial charge in [-0.05, 0) is 20.2 Å². The second-order valence-electron chi connectivity index (χ2n) is 3.12. The quantitative estimate of drug-likeness (QED) is 0.677. The Morgan fingerprint density at radius 3 is 2.85 bits per heavy atom. The lowest BCUT2D eigenvalue weighted by Crippen LogP contribution is -2.28. The molecule has 72 valence electrons. The van der Waals surface area contributed by atoms with Gasteiger partial charge in [-0.1, -0.05) is 0 Å². The molecule has 0 aliphatic carbocycles. The van der Waals surface area contributed by atoms with Crippen LogP contribution in [0.2, 0.25) is 0 Å². The summed E-state index contributed by atoms with van der Waals surface area (Å²) in [4.78, 5) is 13.2. The van der Waals surface area contributed by atoms with Crippen molar-refractivity contribution in [1.29, 1.82) is 0 Å². The first-order valence-corrected chi connectivity index (χ1v) is 4.08. The summed E-state index contributed by atoms with van der Waals surface area (Å²) in [6.45, 7) is 1.34. The number of hydrogen-bond donors (Lipinski definition) is 1. The van der Waals surface area contributed by atoms with Crippen LogP contribution in [-0.2, 0) is 6.54 Å². The van der Waals surface area contributed by atoms with Gasteiger partial charge < -0.3 is 10.6 Å².